The number of hydrogen-bond donors (Lipinski definition) is 0. The SMILES string of the molecule is [C-]#[N+]C(C#N)=Nc1cc(OC)c(-c2cc3c(s2)-c2sc4c(c2C3(C)C)C(C)(C)c2cc(-c3sc(N=C(C#N)C#N)cc3OC)sc2-4)s1. The van der Waals surface area contributed by atoms with Gasteiger partial charge in [0.15, 0.2) is 0 Å². The molecule has 13 heteroatoms. The van der Waals surface area contributed by atoms with Crippen LogP contribution in [0.15, 0.2) is 34.3 Å². The highest BCUT2D eigenvalue weighted by Gasteiger charge is 2.50. The zero-order chi connectivity index (χ0) is 33.4. The lowest BCUT2D eigenvalue weighted by atomic mass is 9.74. The first-order valence-corrected chi connectivity index (χ1v) is 18.2. The van der Waals surface area contributed by atoms with E-state index >= 15 is 0 Å². The fourth-order valence-corrected chi connectivity index (χ4v) is 13.1. The first-order chi connectivity index (χ1) is 22.5. The molecule has 2 aliphatic carbocycles. The summed E-state index contributed by atoms with van der Waals surface area (Å²) in [5.41, 5.74) is 4.74. The van der Waals surface area contributed by atoms with Crippen LogP contribution >= 0.6 is 56.7 Å². The molecule has 0 spiro atoms. The molecular weight excluding hydrogens is 685 g/mol. The maximum atomic E-state index is 9.20. The molecule has 0 amide bonds. The minimum atomic E-state index is -0.219. The molecule has 230 valence electrons. The maximum absolute atomic E-state index is 9.20. The second-order valence-corrected chi connectivity index (χ2v) is 17.0. The normalized spacial score (nSPS) is 14.6. The van der Waals surface area contributed by atoms with Crippen LogP contribution in [0, 0.1) is 40.6 Å². The van der Waals surface area contributed by atoms with Gasteiger partial charge in [0, 0.05) is 52.2 Å². The van der Waals surface area contributed by atoms with E-state index in [0.717, 1.165) is 19.5 Å². The summed E-state index contributed by atoms with van der Waals surface area (Å²) in [5.74, 6) is 1.14. The molecule has 0 atom stereocenters. The Morgan fingerprint density at radius 2 is 1.13 bits per heavy atom. The first-order valence-electron chi connectivity index (χ1n) is 14.1. The maximum Gasteiger partial charge on any atom is 0.350 e. The number of fused-ring (bicyclic) bond motifs is 7. The summed E-state index contributed by atoms with van der Waals surface area (Å²) in [6.45, 7) is 16.4. The minimum Gasteiger partial charge on any atom is -0.495 e. The molecule has 5 heterocycles. The second kappa shape index (κ2) is 11.0. The van der Waals surface area contributed by atoms with Gasteiger partial charge in [0.1, 0.15) is 34.7 Å². The molecule has 0 fully saturated rings. The molecule has 0 saturated carbocycles. The van der Waals surface area contributed by atoms with Crippen molar-refractivity contribution >= 4 is 78.2 Å². The largest absolute Gasteiger partial charge is 0.495 e. The van der Waals surface area contributed by atoms with Gasteiger partial charge in [-0.15, -0.1) is 45.3 Å². The van der Waals surface area contributed by atoms with E-state index in [1.807, 2.05) is 29.5 Å². The smallest absolute Gasteiger partial charge is 0.350 e. The van der Waals surface area contributed by atoms with Crippen molar-refractivity contribution in [3.63, 3.8) is 0 Å². The zero-order valence-corrected chi connectivity index (χ0v) is 29.9. The van der Waals surface area contributed by atoms with Gasteiger partial charge in [-0.05, 0) is 34.4 Å². The van der Waals surface area contributed by atoms with Crippen LogP contribution in [0.25, 0.3) is 43.9 Å². The van der Waals surface area contributed by atoms with E-state index in [9.17, 15) is 15.8 Å². The Hall–Kier alpha value is -4.60. The topological polar surface area (TPSA) is 119 Å². The second-order valence-electron chi connectivity index (χ2n) is 11.8. The summed E-state index contributed by atoms with van der Waals surface area (Å²) in [5, 5.41) is 28.7. The number of thiophene rings is 5. The summed E-state index contributed by atoms with van der Waals surface area (Å²) >= 11 is 8.18. The summed E-state index contributed by atoms with van der Waals surface area (Å²) < 4.78 is 11.4. The van der Waals surface area contributed by atoms with E-state index in [-0.39, 0.29) is 22.4 Å². The number of rotatable bonds is 6. The molecule has 0 aliphatic heterocycles. The van der Waals surface area contributed by atoms with Gasteiger partial charge in [-0.3, -0.25) is 0 Å². The van der Waals surface area contributed by atoms with Crippen molar-refractivity contribution in [2.24, 2.45) is 9.98 Å². The van der Waals surface area contributed by atoms with Crippen molar-refractivity contribution in [2.45, 2.75) is 38.5 Å². The Morgan fingerprint density at radius 1 is 0.660 bits per heavy atom. The first kappa shape index (κ1) is 31.0. The summed E-state index contributed by atoms with van der Waals surface area (Å²) in [4.78, 5) is 20.8. The molecule has 5 aromatic heterocycles. The molecule has 0 saturated heterocycles. The van der Waals surface area contributed by atoms with Crippen LogP contribution in [0.3, 0.4) is 0 Å². The van der Waals surface area contributed by atoms with E-state index in [1.165, 1.54) is 64.4 Å². The van der Waals surface area contributed by atoms with Crippen LogP contribution in [0.4, 0.5) is 10.0 Å². The molecule has 0 unspecified atom stereocenters. The average Bonchev–Trinajstić information content (AvgIpc) is 3.90. The predicted octanol–water partition coefficient (Wildman–Crippen LogP) is 10.6. The van der Waals surface area contributed by atoms with E-state index in [1.54, 1.807) is 49.0 Å². The molecule has 0 radical (unpaired) electrons. The van der Waals surface area contributed by atoms with Crippen LogP contribution in [-0.2, 0) is 10.8 Å². The third-order valence-electron chi connectivity index (χ3n) is 8.49. The predicted molar refractivity (Wildman–Crippen MR) is 193 cm³/mol. The number of nitrogens with zero attached hydrogens (tertiary/aromatic N) is 6. The summed E-state index contributed by atoms with van der Waals surface area (Å²) in [7, 11) is 3.24. The van der Waals surface area contributed by atoms with Gasteiger partial charge in [0.25, 0.3) is 0 Å². The fourth-order valence-electron chi connectivity index (χ4n) is 6.33. The van der Waals surface area contributed by atoms with Crippen molar-refractivity contribution < 1.29 is 9.47 Å². The Kier molecular flexibility index (Phi) is 7.26. The lowest BCUT2D eigenvalue weighted by Crippen LogP contribution is -2.22. The Balaban J connectivity index is 1.33. The van der Waals surface area contributed by atoms with Crippen molar-refractivity contribution in [3.05, 3.63) is 57.9 Å². The van der Waals surface area contributed by atoms with Crippen molar-refractivity contribution in [1.82, 2.24) is 0 Å². The molecule has 0 bridgehead atoms. The lowest BCUT2D eigenvalue weighted by Gasteiger charge is -2.28. The van der Waals surface area contributed by atoms with Gasteiger partial charge in [0.2, 0.25) is 10.7 Å². The Bertz CT molecular complexity index is 2200. The van der Waals surface area contributed by atoms with Gasteiger partial charge in [-0.25, -0.2) is 10.3 Å². The van der Waals surface area contributed by atoms with Crippen molar-refractivity contribution in [3.8, 4) is 68.7 Å². The third-order valence-corrected chi connectivity index (χ3v) is 14.7. The molecule has 0 aromatic carbocycles. The molecule has 2 aliphatic rings. The number of aliphatic imine (C=N–C) groups is 2. The highest BCUT2D eigenvalue weighted by Crippen LogP contribution is 2.67. The van der Waals surface area contributed by atoms with Crippen molar-refractivity contribution in [2.75, 3.05) is 14.2 Å². The van der Waals surface area contributed by atoms with Gasteiger partial charge in [-0.1, -0.05) is 50.6 Å². The van der Waals surface area contributed by atoms with Gasteiger partial charge in [-0.2, -0.15) is 10.5 Å². The molecule has 47 heavy (non-hydrogen) atoms. The Morgan fingerprint density at radius 3 is 1.53 bits per heavy atom. The van der Waals surface area contributed by atoms with Crippen LogP contribution < -0.4 is 9.47 Å². The van der Waals surface area contributed by atoms with E-state index < -0.39 is 0 Å². The van der Waals surface area contributed by atoms with E-state index in [4.69, 9.17) is 16.0 Å². The van der Waals surface area contributed by atoms with Crippen LogP contribution in [0.5, 0.6) is 11.5 Å². The summed E-state index contributed by atoms with van der Waals surface area (Å²) in [6, 6.07) is 13.6. The van der Waals surface area contributed by atoms with Crippen molar-refractivity contribution in [1.29, 1.82) is 15.8 Å². The number of amidine groups is 1. The Labute approximate surface area is 291 Å². The lowest BCUT2D eigenvalue weighted by molar-refractivity contribution is 0.418. The average molecular weight is 707 g/mol. The van der Waals surface area contributed by atoms with Crippen LogP contribution in [0.1, 0.15) is 49.9 Å². The summed E-state index contributed by atoms with van der Waals surface area (Å²) in [6.07, 6.45) is 0. The monoisotopic (exact) mass is 706 g/mol. The number of ether oxygens (including phenoxy) is 2. The van der Waals surface area contributed by atoms with E-state index in [0.29, 0.717) is 21.5 Å². The minimum absolute atomic E-state index is 0.189. The van der Waals surface area contributed by atoms with Gasteiger partial charge < -0.3 is 14.3 Å². The highest BCUT2D eigenvalue weighted by atomic mass is 32.1. The van der Waals surface area contributed by atoms with Crippen LogP contribution in [0.2, 0.25) is 0 Å². The fraction of sp³-hybridized carbons (Fsp3) is 0.235. The molecular formula is C34H22N6O2S5. The number of methoxy groups -OCH3 is 2. The molecule has 0 N–H and O–H groups in total. The number of nitriles is 3. The molecule has 5 aromatic rings. The highest BCUT2D eigenvalue weighted by molar-refractivity contribution is 7.31. The number of hydrogen-bond acceptors (Lipinski definition) is 12. The van der Waals surface area contributed by atoms with Gasteiger partial charge >= 0.3 is 5.84 Å². The quantitative estimate of drug-likeness (QED) is 0.0989. The zero-order valence-electron chi connectivity index (χ0n) is 25.9. The van der Waals surface area contributed by atoms with Gasteiger partial charge in [0.05, 0.1) is 24.0 Å². The molecule has 7 rings (SSSR count). The standard InChI is InChI=1S/C34H22N6O2S5/c1-33(2)16-8-20(29-18(41-6)10-23(45-29)39-15(12-35)13-36)43-27(16)31-25(33)26-32(47-31)28-17(34(26,3)4)9-21(44-28)30-19(42-7)11-24(46-30)40-22(14-37)38-5/h8-11H,1-4,6-7H3. The third kappa shape index (κ3) is 4.51. The van der Waals surface area contributed by atoms with E-state index in [2.05, 4.69) is 54.7 Å². The van der Waals surface area contributed by atoms with Crippen LogP contribution in [-0.4, -0.2) is 25.8 Å². The molecule has 8 nitrogen and oxygen atoms in total.